The van der Waals surface area contributed by atoms with Gasteiger partial charge in [-0.3, -0.25) is 0 Å². The van der Waals surface area contributed by atoms with E-state index in [1.807, 2.05) is 6.92 Å². The average molecular weight is 167 g/mol. The van der Waals surface area contributed by atoms with Gasteiger partial charge in [-0.1, -0.05) is 13.3 Å². The molecule has 0 aromatic heterocycles. The lowest BCUT2D eigenvalue weighted by Crippen LogP contribution is -1.74. The van der Waals surface area contributed by atoms with E-state index in [1.54, 1.807) is 0 Å². The summed E-state index contributed by atoms with van der Waals surface area (Å²) in [5.74, 6) is 0. The molecule has 0 fully saturated rings. The van der Waals surface area contributed by atoms with E-state index < -0.39 is 16.7 Å². The predicted octanol–water partition coefficient (Wildman–Crippen LogP) is 2.75. The van der Waals surface area contributed by atoms with Gasteiger partial charge in [0.15, 0.2) is 6.16 Å². The SMILES string of the molecule is CCCC[P+](=O)OP=O. The van der Waals surface area contributed by atoms with E-state index >= 15 is 0 Å². The van der Waals surface area contributed by atoms with E-state index in [0.717, 1.165) is 12.8 Å². The van der Waals surface area contributed by atoms with Crippen molar-refractivity contribution in [1.29, 1.82) is 0 Å². The van der Waals surface area contributed by atoms with E-state index in [0.29, 0.717) is 6.16 Å². The normalized spacial score (nSPS) is 11.9. The molecule has 0 saturated carbocycles. The molecular formula is C4H9O3P2+. The van der Waals surface area contributed by atoms with E-state index in [-0.39, 0.29) is 0 Å². The summed E-state index contributed by atoms with van der Waals surface area (Å²) in [6, 6.07) is 0. The molecule has 5 heteroatoms. The average Bonchev–Trinajstić information content (AvgIpc) is 1.85. The van der Waals surface area contributed by atoms with Gasteiger partial charge in [-0.15, -0.1) is 0 Å². The molecule has 0 radical (unpaired) electrons. The van der Waals surface area contributed by atoms with Crippen LogP contribution in [0.25, 0.3) is 0 Å². The first-order valence-electron chi connectivity index (χ1n) is 2.75. The molecule has 0 aliphatic heterocycles. The Bertz CT molecular complexity index is 104. The summed E-state index contributed by atoms with van der Waals surface area (Å²) in [6.45, 7) is 2.00. The summed E-state index contributed by atoms with van der Waals surface area (Å²) in [4.78, 5) is 0. The molecule has 1 unspecified atom stereocenters. The molecule has 0 N–H and O–H groups in total. The van der Waals surface area contributed by atoms with E-state index in [1.165, 1.54) is 0 Å². The Morgan fingerprint density at radius 1 is 1.67 bits per heavy atom. The summed E-state index contributed by atoms with van der Waals surface area (Å²) in [6.07, 6.45) is 2.37. The Hall–Kier alpha value is 0.160. The quantitative estimate of drug-likeness (QED) is 0.591. The van der Waals surface area contributed by atoms with Crippen molar-refractivity contribution in [3.63, 3.8) is 0 Å². The van der Waals surface area contributed by atoms with Crippen molar-refractivity contribution in [1.82, 2.24) is 0 Å². The zero-order chi connectivity index (χ0) is 7.11. The Labute approximate surface area is 56.9 Å². The summed E-state index contributed by atoms with van der Waals surface area (Å²) >= 11 is 0. The van der Waals surface area contributed by atoms with Gasteiger partial charge in [-0.2, -0.15) is 0 Å². The van der Waals surface area contributed by atoms with Crippen LogP contribution in [-0.2, 0) is 13.4 Å². The van der Waals surface area contributed by atoms with Crippen LogP contribution in [-0.4, -0.2) is 6.16 Å². The standard InChI is InChI=1S/C4H9O3P2/c1-2-3-4-9(6)7-8-5/h2-4H2,1H3/q+1. The summed E-state index contributed by atoms with van der Waals surface area (Å²) in [5.41, 5.74) is 0. The fraction of sp³-hybridized carbons (Fsp3) is 1.00. The molecule has 52 valence electrons. The van der Waals surface area contributed by atoms with Crippen molar-refractivity contribution in [2.45, 2.75) is 19.8 Å². The van der Waals surface area contributed by atoms with E-state index in [4.69, 9.17) is 0 Å². The topological polar surface area (TPSA) is 43.4 Å². The van der Waals surface area contributed by atoms with Crippen LogP contribution in [0.3, 0.4) is 0 Å². The van der Waals surface area contributed by atoms with Crippen LogP contribution in [0.5, 0.6) is 0 Å². The largest absolute Gasteiger partial charge is 0.520 e. The second-order valence-electron chi connectivity index (χ2n) is 1.57. The highest BCUT2D eigenvalue weighted by Gasteiger charge is 2.15. The maximum absolute atomic E-state index is 10.5. The van der Waals surface area contributed by atoms with Gasteiger partial charge in [-0.25, -0.2) is 4.57 Å². The number of hydrogen-bond acceptors (Lipinski definition) is 3. The zero-order valence-corrected chi connectivity index (χ0v) is 7.03. The minimum Gasteiger partial charge on any atom is -0.236 e. The van der Waals surface area contributed by atoms with Crippen LogP contribution in [0.1, 0.15) is 19.8 Å². The monoisotopic (exact) mass is 167 g/mol. The van der Waals surface area contributed by atoms with E-state index in [9.17, 15) is 9.13 Å². The molecular weight excluding hydrogens is 158 g/mol. The molecule has 0 spiro atoms. The second-order valence-corrected chi connectivity index (χ2v) is 3.48. The lowest BCUT2D eigenvalue weighted by molar-refractivity contribution is 0.500. The summed E-state index contributed by atoms with van der Waals surface area (Å²) in [7, 11) is -2.14. The third kappa shape index (κ3) is 6.04. The highest BCUT2D eigenvalue weighted by molar-refractivity contribution is 7.46. The van der Waals surface area contributed by atoms with Crippen molar-refractivity contribution >= 4 is 16.7 Å². The molecule has 0 saturated heterocycles. The fourth-order valence-corrected chi connectivity index (χ4v) is 1.56. The van der Waals surface area contributed by atoms with Crippen LogP contribution in [0.2, 0.25) is 0 Å². The van der Waals surface area contributed by atoms with Crippen LogP contribution >= 0.6 is 16.7 Å². The van der Waals surface area contributed by atoms with Gasteiger partial charge >= 0.3 is 16.7 Å². The third-order valence-corrected chi connectivity index (χ3v) is 2.50. The smallest absolute Gasteiger partial charge is 0.236 e. The molecule has 0 aliphatic carbocycles. The minimum absolute atomic E-state index is 0.479. The van der Waals surface area contributed by atoms with Gasteiger partial charge in [0.2, 0.25) is 0 Å². The Balaban J connectivity index is 3.16. The van der Waals surface area contributed by atoms with Crippen LogP contribution in [0.4, 0.5) is 0 Å². The first-order valence-corrected chi connectivity index (χ1v) is 4.85. The Morgan fingerprint density at radius 2 is 2.33 bits per heavy atom. The van der Waals surface area contributed by atoms with Gasteiger partial charge < -0.3 is 0 Å². The molecule has 0 rings (SSSR count). The minimum atomic E-state index is -1.66. The maximum Gasteiger partial charge on any atom is 0.520 e. The number of rotatable bonds is 5. The number of unbranched alkanes of at least 4 members (excludes halogenated alkanes) is 1. The van der Waals surface area contributed by atoms with Crippen molar-refractivity contribution in [3.8, 4) is 0 Å². The Morgan fingerprint density at radius 3 is 2.78 bits per heavy atom. The molecule has 3 nitrogen and oxygen atoms in total. The highest BCUT2D eigenvalue weighted by Crippen LogP contribution is 2.28. The lowest BCUT2D eigenvalue weighted by atomic mass is 10.4. The van der Waals surface area contributed by atoms with Crippen molar-refractivity contribution < 1.29 is 13.4 Å². The Kier molecular flexibility index (Phi) is 6.39. The first kappa shape index (κ1) is 9.16. The van der Waals surface area contributed by atoms with Crippen LogP contribution in [0, 0.1) is 0 Å². The summed E-state index contributed by atoms with van der Waals surface area (Å²) < 4.78 is 24.5. The second kappa shape index (κ2) is 6.28. The zero-order valence-electron chi connectivity index (χ0n) is 5.24. The molecule has 0 bridgehead atoms. The number of hydrogen-bond donors (Lipinski definition) is 0. The molecule has 0 aliphatic rings. The van der Waals surface area contributed by atoms with Gasteiger partial charge in [0, 0.05) is 0 Å². The van der Waals surface area contributed by atoms with Gasteiger partial charge in [0.25, 0.3) is 0 Å². The van der Waals surface area contributed by atoms with Crippen LogP contribution in [0.15, 0.2) is 0 Å². The third-order valence-electron chi connectivity index (χ3n) is 0.819. The molecule has 9 heavy (non-hydrogen) atoms. The van der Waals surface area contributed by atoms with Gasteiger partial charge in [0.05, 0.1) is 0 Å². The molecule has 0 aromatic rings. The summed E-state index contributed by atoms with van der Waals surface area (Å²) in [5, 5.41) is 0. The van der Waals surface area contributed by atoms with Gasteiger partial charge in [0.1, 0.15) is 0 Å². The first-order chi connectivity index (χ1) is 4.31. The molecule has 0 aromatic carbocycles. The van der Waals surface area contributed by atoms with Gasteiger partial charge in [-0.05, 0) is 15.3 Å². The van der Waals surface area contributed by atoms with E-state index in [2.05, 4.69) is 4.31 Å². The lowest BCUT2D eigenvalue weighted by Gasteiger charge is -1.78. The molecule has 0 amide bonds. The predicted molar refractivity (Wildman–Crippen MR) is 36.1 cm³/mol. The molecule has 1 atom stereocenters. The highest BCUT2D eigenvalue weighted by atomic mass is 31.2. The fourth-order valence-electron chi connectivity index (χ4n) is 0.365. The van der Waals surface area contributed by atoms with Crippen molar-refractivity contribution in [2.75, 3.05) is 6.16 Å². The molecule has 0 heterocycles. The van der Waals surface area contributed by atoms with Crippen molar-refractivity contribution in [2.24, 2.45) is 0 Å². The van der Waals surface area contributed by atoms with Crippen LogP contribution < -0.4 is 0 Å². The van der Waals surface area contributed by atoms with Crippen molar-refractivity contribution in [3.05, 3.63) is 0 Å². The maximum atomic E-state index is 10.5.